The fourth-order valence-corrected chi connectivity index (χ4v) is 4.83. The number of para-hydroxylation sites is 1. The normalized spacial score (nSPS) is 11.2. The highest BCUT2D eigenvalue weighted by Gasteiger charge is 2.15. The Labute approximate surface area is 181 Å². The second-order valence-electron chi connectivity index (χ2n) is 6.38. The largest absolute Gasteiger partial charge is 0.282 e. The first-order chi connectivity index (χ1) is 13.6. The summed E-state index contributed by atoms with van der Waals surface area (Å²) < 4.78 is 5.67. The maximum Gasteiger partial charge on any atom is 0.204 e. The summed E-state index contributed by atoms with van der Waals surface area (Å²) in [5.74, 6) is 0.788. The van der Waals surface area contributed by atoms with Crippen LogP contribution in [0.2, 0.25) is 0 Å². The lowest BCUT2D eigenvalue weighted by Gasteiger charge is -2.15. The molecule has 0 bridgehead atoms. The smallest absolute Gasteiger partial charge is 0.204 e. The van der Waals surface area contributed by atoms with Crippen molar-refractivity contribution >= 4 is 39.5 Å². The number of benzene rings is 1. The van der Waals surface area contributed by atoms with Crippen molar-refractivity contribution in [1.29, 1.82) is 0 Å². The number of hydrogen-bond acceptors (Lipinski definition) is 5. The Balaban J connectivity index is 1.70. The zero-order valence-corrected chi connectivity index (χ0v) is 18.4. The lowest BCUT2D eigenvalue weighted by molar-refractivity contribution is 0.246. The Morgan fingerprint density at radius 3 is 2.61 bits per heavy atom. The molecule has 8 heteroatoms. The van der Waals surface area contributed by atoms with Gasteiger partial charge in [0, 0.05) is 35.1 Å². The van der Waals surface area contributed by atoms with Crippen LogP contribution < -0.4 is 0 Å². The van der Waals surface area contributed by atoms with E-state index in [-0.39, 0.29) is 0 Å². The molecule has 0 spiro atoms. The predicted molar refractivity (Wildman–Crippen MR) is 119 cm³/mol. The minimum Gasteiger partial charge on any atom is -0.282 e. The molecule has 1 aromatic carbocycles. The molecular formula is C20H18BrN5S2. The highest BCUT2D eigenvalue weighted by Crippen LogP contribution is 2.24. The van der Waals surface area contributed by atoms with Gasteiger partial charge in [0.25, 0.3) is 0 Å². The van der Waals surface area contributed by atoms with Crippen LogP contribution in [0.25, 0.3) is 17.1 Å². The van der Waals surface area contributed by atoms with E-state index >= 15 is 0 Å². The van der Waals surface area contributed by atoms with Crippen molar-refractivity contribution in [2.45, 2.75) is 13.2 Å². The standard InChI is InChI=1S/C20H18BrN5S2/c1-24(13-17-9-10-18(21)28-17)14-25-20(27)26(16-7-3-2-4-8-16)19(23-25)15-6-5-11-22-12-15/h2-12H,13-14H2,1H3. The minimum atomic E-state index is 0.599. The number of thiophene rings is 1. The molecule has 3 heterocycles. The van der Waals surface area contributed by atoms with Gasteiger partial charge >= 0.3 is 0 Å². The summed E-state index contributed by atoms with van der Waals surface area (Å²) in [5, 5.41) is 4.83. The molecule has 0 unspecified atom stereocenters. The number of rotatable bonds is 6. The fraction of sp³-hybridized carbons (Fsp3) is 0.150. The van der Waals surface area contributed by atoms with E-state index in [2.05, 4.69) is 45.0 Å². The maximum absolute atomic E-state index is 5.79. The van der Waals surface area contributed by atoms with Crippen LogP contribution in [0.15, 0.2) is 70.8 Å². The van der Waals surface area contributed by atoms with E-state index in [1.165, 1.54) is 4.88 Å². The molecule has 3 aromatic heterocycles. The molecule has 4 rings (SSSR count). The summed E-state index contributed by atoms with van der Waals surface area (Å²) >= 11 is 11.1. The van der Waals surface area contributed by atoms with Crippen molar-refractivity contribution in [3.8, 4) is 17.1 Å². The van der Waals surface area contributed by atoms with Gasteiger partial charge in [0.1, 0.15) is 0 Å². The Kier molecular flexibility index (Phi) is 5.82. The second-order valence-corrected chi connectivity index (χ2v) is 9.29. The average Bonchev–Trinajstić information content (AvgIpc) is 3.26. The molecule has 0 aliphatic heterocycles. The van der Waals surface area contributed by atoms with E-state index < -0.39 is 0 Å². The highest BCUT2D eigenvalue weighted by atomic mass is 79.9. The number of pyridine rings is 1. The summed E-state index contributed by atoms with van der Waals surface area (Å²) in [7, 11) is 2.07. The molecule has 0 N–H and O–H groups in total. The van der Waals surface area contributed by atoms with Gasteiger partial charge in [-0.3, -0.25) is 14.5 Å². The van der Waals surface area contributed by atoms with E-state index in [1.54, 1.807) is 17.5 Å². The first kappa shape index (κ1) is 19.2. The molecular weight excluding hydrogens is 454 g/mol. The van der Waals surface area contributed by atoms with Crippen molar-refractivity contribution in [2.75, 3.05) is 7.05 Å². The molecule has 4 aromatic rings. The molecule has 0 aliphatic carbocycles. The topological polar surface area (TPSA) is 38.9 Å². The van der Waals surface area contributed by atoms with Gasteiger partial charge < -0.3 is 0 Å². The number of nitrogens with zero attached hydrogens (tertiary/aromatic N) is 5. The molecule has 0 atom stereocenters. The number of halogens is 1. The monoisotopic (exact) mass is 471 g/mol. The lowest BCUT2D eigenvalue weighted by Crippen LogP contribution is -2.22. The first-order valence-corrected chi connectivity index (χ1v) is 10.7. The van der Waals surface area contributed by atoms with Crippen molar-refractivity contribution in [3.63, 3.8) is 0 Å². The third kappa shape index (κ3) is 4.15. The first-order valence-electron chi connectivity index (χ1n) is 8.70. The zero-order chi connectivity index (χ0) is 19.5. The Hall–Kier alpha value is -2.13. The molecule has 0 saturated heterocycles. The summed E-state index contributed by atoms with van der Waals surface area (Å²) in [5.41, 5.74) is 1.92. The predicted octanol–water partition coefficient (Wildman–Crippen LogP) is 5.38. The number of hydrogen-bond donors (Lipinski definition) is 0. The van der Waals surface area contributed by atoms with Crippen molar-refractivity contribution in [2.24, 2.45) is 0 Å². The van der Waals surface area contributed by atoms with Crippen LogP contribution in [-0.2, 0) is 13.2 Å². The van der Waals surface area contributed by atoms with Gasteiger partial charge in [0.15, 0.2) is 5.82 Å². The Morgan fingerprint density at radius 2 is 1.93 bits per heavy atom. The van der Waals surface area contributed by atoms with Gasteiger partial charge in [-0.1, -0.05) is 18.2 Å². The van der Waals surface area contributed by atoms with Crippen LogP contribution in [-0.4, -0.2) is 31.3 Å². The second kappa shape index (κ2) is 8.48. The molecule has 142 valence electrons. The molecule has 5 nitrogen and oxygen atoms in total. The van der Waals surface area contributed by atoms with Crippen molar-refractivity contribution in [1.82, 2.24) is 24.2 Å². The molecule has 28 heavy (non-hydrogen) atoms. The van der Waals surface area contributed by atoms with Gasteiger partial charge in [0.2, 0.25) is 4.77 Å². The van der Waals surface area contributed by atoms with Crippen LogP contribution in [0.1, 0.15) is 4.88 Å². The molecule has 0 radical (unpaired) electrons. The number of aromatic nitrogens is 4. The molecule has 0 saturated carbocycles. The molecule has 0 aliphatic rings. The lowest BCUT2D eigenvalue weighted by atomic mass is 10.2. The summed E-state index contributed by atoms with van der Waals surface area (Å²) in [6.45, 7) is 1.43. The van der Waals surface area contributed by atoms with Gasteiger partial charge in [-0.05, 0) is 71.6 Å². The van der Waals surface area contributed by atoms with Crippen molar-refractivity contribution in [3.05, 3.63) is 80.4 Å². The third-order valence-electron chi connectivity index (χ3n) is 4.20. The quantitative estimate of drug-likeness (QED) is 0.354. The van der Waals surface area contributed by atoms with Crippen LogP contribution >= 0.6 is 39.5 Å². The van der Waals surface area contributed by atoms with Gasteiger partial charge in [-0.25, -0.2) is 4.68 Å². The minimum absolute atomic E-state index is 0.599. The van der Waals surface area contributed by atoms with E-state index in [1.807, 2.05) is 57.9 Å². The molecule has 0 fully saturated rings. The van der Waals surface area contributed by atoms with Gasteiger partial charge in [-0.2, -0.15) is 0 Å². The Morgan fingerprint density at radius 1 is 1.11 bits per heavy atom. The van der Waals surface area contributed by atoms with Gasteiger partial charge in [-0.15, -0.1) is 16.4 Å². The van der Waals surface area contributed by atoms with Crippen LogP contribution in [0.5, 0.6) is 0 Å². The maximum atomic E-state index is 5.79. The van der Waals surface area contributed by atoms with E-state index in [4.69, 9.17) is 17.3 Å². The average molecular weight is 472 g/mol. The SMILES string of the molecule is CN(Cc1ccc(Br)s1)Cn1nc(-c2cccnc2)n(-c2ccccc2)c1=S. The summed E-state index contributed by atoms with van der Waals surface area (Å²) in [6.07, 6.45) is 3.57. The van der Waals surface area contributed by atoms with Crippen LogP contribution in [0, 0.1) is 4.77 Å². The van der Waals surface area contributed by atoms with E-state index in [0.717, 1.165) is 27.4 Å². The van der Waals surface area contributed by atoms with Gasteiger partial charge in [0.05, 0.1) is 10.5 Å². The Bertz CT molecular complexity index is 1120. The summed E-state index contributed by atoms with van der Waals surface area (Å²) in [6, 6.07) is 18.2. The molecule has 0 amide bonds. The summed E-state index contributed by atoms with van der Waals surface area (Å²) in [4.78, 5) is 7.73. The third-order valence-corrected chi connectivity index (χ3v) is 6.21. The highest BCUT2D eigenvalue weighted by molar-refractivity contribution is 9.11. The van der Waals surface area contributed by atoms with E-state index in [9.17, 15) is 0 Å². The van der Waals surface area contributed by atoms with Crippen molar-refractivity contribution < 1.29 is 0 Å². The van der Waals surface area contributed by atoms with E-state index in [0.29, 0.717) is 11.4 Å². The fourth-order valence-electron chi connectivity index (χ4n) is 2.97. The van der Waals surface area contributed by atoms with Crippen LogP contribution in [0.4, 0.5) is 0 Å². The zero-order valence-electron chi connectivity index (χ0n) is 15.2. The van der Waals surface area contributed by atoms with Crippen LogP contribution in [0.3, 0.4) is 0 Å².